The topological polar surface area (TPSA) is 78.7 Å². The summed E-state index contributed by atoms with van der Waals surface area (Å²) in [6.07, 6.45) is 2.43. The van der Waals surface area contributed by atoms with Crippen molar-refractivity contribution in [3.63, 3.8) is 0 Å². The van der Waals surface area contributed by atoms with E-state index in [1.54, 1.807) is 18.3 Å². The molecule has 1 aliphatic carbocycles. The van der Waals surface area contributed by atoms with Gasteiger partial charge in [0.15, 0.2) is 5.13 Å². The van der Waals surface area contributed by atoms with Gasteiger partial charge in [-0.25, -0.2) is 4.98 Å². The second-order valence-electron chi connectivity index (χ2n) is 7.53. The third-order valence-electron chi connectivity index (χ3n) is 5.53. The van der Waals surface area contributed by atoms with Gasteiger partial charge in [0.25, 0.3) is 0 Å². The summed E-state index contributed by atoms with van der Waals surface area (Å²) in [6, 6.07) is 3.80. The van der Waals surface area contributed by atoms with Crippen LogP contribution in [0.3, 0.4) is 0 Å². The maximum Gasteiger partial charge on any atom is 0.223 e. The predicted octanol–water partition coefficient (Wildman–Crippen LogP) is 2.13. The van der Waals surface area contributed by atoms with Crippen LogP contribution in [0.4, 0.5) is 5.13 Å². The summed E-state index contributed by atoms with van der Waals surface area (Å²) in [5, 5.41) is 4.03. The monoisotopic (exact) mass is 402 g/mol. The number of hydrogen-bond donors (Lipinski definition) is 1. The number of aromatic nitrogens is 1. The molecule has 0 unspecified atom stereocenters. The van der Waals surface area contributed by atoms with E-state index >= 15 is 0 Å². The van der Waals surface area contributed by atoms with Crippen LogP contribution in [0.15, 0.2) is 16.5 Å². The second-order valence-corrected chi connectivity index (χ2v) is 8.59. The van der Waals surface area contributed by atoms with Gasteiger partial charge < -0.3 is 19.5 Å². The van der Waals surface area contributed by atoms with E-state index in [0.29, 0.717) is 6.54 Å². The molecule has 0 aromatic carbocycles. The van der Waals surface area contributed by atoms with Gasteiger partial charge in [-0.15, -0.1) is 11.3 Å². The molecular formula is C20H26N4O3S. The van der Waals surface area contributed by atoms with Gasteiger partial charge in [-0.05, 0) is 38.3 Å². The quantitative estimate of drug-likeness (QED) is 0.848. The third-order valence-corrected chi connectivity index (χ3v) is 6.71. The molecule has 0 saturated carbocycles. The average molecular weight is 403 g/mol. The first-order chi connectivity index (χ1) is 13.5. The van der Waals surface area contributed by atoms with E-state index in [4.69, 9.17) is 9.40 Å². The molecule has 2 aromatic heterocycles. The average Bonchev–Trinajstić information content (AvgIpc) is 3.31. The van der Waals surface area contributed by atoms with E-state index in [1.807, 2.05) is 24.0 Å². The van der Waals surface area contributed by atoms with E-state index in [2.05, 4.69) is 10.2 Å². The molecule has 2 aromatic rings. The maximum atomic E-state index is 12.6. The number of carbonyl (C=O) groups is 2. The van der Waals surface area contributed by atoms with Crippen LogP contribution in [0.2, 0.25) is 0 Å². The van der Waals surface area contributed by atoms with Crippen LogP contribution < -0.4 is 10.2 Å². The molecule has 28 heavy (non-hydrogen) atoms. The molecule has 8 heteroatoms. The first kappa shape index (κ1) is 19.0. The fourth-order valence-electron chi connectivity index (χ4n) is 3.83. The number of amides is 2. The molecule has 1 aliphatic heterocycles. The zero-order valence-electron chi connectivity index (χ0n) is 16.4. The molecule has 4 rings (SSSR count). The number of nitrogens with zero attached hydrogens (tertiary/aromatic N) is 3. The number of fused-ring (bicyclic) bond motifs is 1. The Kier molecular flexibility index (Phi) is 5.39. The van der Waals surface area contributed by atoms with Crippen LogP contribution in [-0.4, -0.2) is 47.9 Å². The Labute approximate surface area is 168 Å². The van der Waals surface area contributed by atoms with Gasteiger partial charge in [0.1, 0.15) is 11.5 Å². The Morgan fingerprint density at radius 3 is 2.75 bits per heavy atom. The van der Waals surface area contributed by atoms with Crippen molar-refractivity contribution in [2.75, 3.05) is 31.1 Å². The lowest BCUT2D eigenvalue weighted by Crippen LogP contribution is -2.48. The minimum Gasteiger partial charge on any atom is -0.465 e. The summed E-state index contributed by atoms with van der Waals surface area (Å²) in [7, 11) is 0. The van der Waals surface area contributed by atoms with Crippen molar-refractivity contribution >= 4 is 28.3 Å². The standard InChI is InChI=1S/C20H26N4O3S/c1-13-3-5-16(27-13)12-21-19(26)15-4-6-17-18(11-15)28-20(22-17)24-9-7-23(8-10-24)14(2)25/h3,5,15H,4,6-12H2,1-2H3,(H,21,26)/t15-/m0/s1. The number of anilines is 1. The maximum absolute atomic E-state index is 12.6. The molecule has 0 radical (unpaired) electrons. The molecule has 1 saturated heterocycles. The van der Waals surface area contributed by atoms with E-state index in [1.165, 1.54) is 4.88 Å². The highest BCUT2D eigenvalue weighted by molar-refractivity contribution is 7.15. The summed E-state index contributed by atoms with van der Waals surface area (Å²) < 4.78 is 5.52. The highest BCUT2D eigenvalue weighted by atomic mass is 32.1. The number of thiazole rings is 1. The second kappa shape index (κ2) is 7.95. The lowest BCUT2D eigenvalue weighted by Gasteiger charge is -2.33. The van der Waals surface area contributed by atoms with Crippen molar-refractivity contribution in [1.82, 2.24) is 15.2 Å². The van der Waals surface area contributed by atoms with Crippen LogP contribution in [0, 0.1) is 12.8 Å². The van der Waals surface area contributed by atoms with Gasteiger partial charge in [0.05, 0.1) is 12.2 Å². The van der Waals surface area contributed by atoms with Gasteiger partial charge in [-0.2, -0.15) is 0 Å². The minimum atomic E-state index is -0.00794. The number of rotatable bonds is 4. The number of hydrogen-bond acceptors (Lipinski definition) is 6. The van der Waals surface area contributed by atoms with E-state index in [9.17, 15) is 9.59 Å². The van der Waals surface area contributed by atoms with Gasteiger partial charge in [0.2, 0.25) is 11.8 Å². The lowest BCUT2D eigenvalue weighted by molar-refractivity contribution is -0.129. The normalized spacial score (nSPS) is 19.4. The Bertz CT molecular complexity index is 867. The molecule has 7 nitrogen and oxygen atoms in total. The summed E-state index contributed by atoms with van der Waals surface area (Å²) in [6.45, 7) is 7.08. The third kappa shape index (κ3) is 4.06. The van der Waals surface area contributed by atoms with Gasteiger partial charge in [-0.3, -0.25) is 9.59 Å². The van der Waals surface area contributed by atoms with E-state index in [0.717, 1.165) is 67.8 Å². The van der Waals surface area contributed by atoms with E-state index < -0.39 is 0 Å². The zero-order chi connectivity index (χ0) is 19.7. The number of nitrogens with one attached hydrogen (secondary N) is 1. The van der Waals surface area contributed by atoms with Crippen LogP contribution >= 0.6 is 11.3 Å². The molecule has 0 bridgehead atoms. The fourth-order valence-corrected chi connectivity index (χ4v) is 5.07. The first-order valence-corrected chi connectivity index (χ1v) is 10.6. The first-order valence-electron chi connectivity index (χ1n) is 9.81. The lowest BCUT2D eigenvalue weighted by atomic mass is 9.90. The summed E-state index contributed by atoms with van der Waals surface area (Å²) in [5.74, 6) is 1.85. The Balaban J connectivity index is 1.34. The van der Waals surface area contributed by atoms with Gasteiger partial charge >= 0.3 is 0 Å². The summed E-state index contributed by atoms with van der Waals surface area (Å²) >= 11 is 1.70. The van der Waals surface area contributed by atoms with Crippen molar-refractivity contribution in [3.05, 3.63) is 34.2 Å². The molecule has 1 fully saturated rings. The molecule has 2 amide bonds. The van der Waals surface area contributed by atoms with Crippen LogP contribution in [0.1, 0.15) is 35.4 Å². The van der Waals surface area contributed by atoms with Crippen LogP contribution in [0.25, 0.3) is 0 Å². The molecule has 1 atom stereocenters. The van der Waals surface area contributed by atoms with Crippen molar-refractivity contribution in [3.8, 4) is 0 Å². The van der Waals surface area contributed by atoms with Gasteiger partial charge in [0, 0.05) is 43.9 Å². The highest BCUT2D eigenvalue weighted by Crippen LogP contribution is 2.34. The molecule has 150 valence electrons. The molecule has 0 spiro atoms. The molecule has 3 heterocycles. The molecular weight excluding hydrogens is 376 g/mol. The smallest absolute Gasteiger partial charge is 0.223 e. The highest BCUT2D eigenvalue weighted by Gasteiger charge is 2.29. The fraction of sp³-hybridized carbons (Fsp3) is 0.550. The number of carbonyl (C=O) groups excluding carboxylic acids is 2. The van der Waals surface area contributed by atoms with Crippen molar-refractivity contribution in [2.45, 2.75) is 39.7 Å². The van der Waals surface area contributed by atoms with Crippen molar-refractivity contribution in [1.29, 1.82) is 0 Å². The van der Waals surface area contributed by atoms with Crippen LogP contribution in [0.5, 0.6) is 0 Å². The number of furan rings is 1. The number of aryl methyl sites for hydroxylation is 2. The summed E-state index contributed by atoms with van der Waals surface area (Å²) in [4.78, 5) is 34.3. The largest absolute Gasteiger partial charge is 0.465 e. The van der Waals surface area contributed by atoms with Crippen molar-refractivity contribution in [2.24, 2.45) is 5.92 Å². The Morgan fingerprint density at radius 2 is 2.07 bits per heavy atom. The summed E-state index contributed by atoms with van der Waals surface area (Å²) in [5.41, 5.74) is 1.14. The Morgan fingerprint density at radius 1 is 1.29 bits per heavy atom. The Hall–Kier alpha value is -2.35. The predicted molar refractivity (Wildman–Crippen MR) is 107 cm³/mol. The molecule has 2 aliphatic rings. The minimum absolute atomic E-state index is 0.00794. The zero-order valence-corrected chi connectivity index (χ0v) is 17.2. The van der Waals surface area contributed by atoms with Gasteiger partial charge in [-0.1, -0.05) is 0 Å². The SMILES string of the molecule is CC(=O)N1CCN(c2nc3c(s2)C[C@@H](C(=O)NCc2ccc(C)o2)CC3)CC1. The number of piperazine rings is 1. The van der Waals surface area contributed by atoms with Crippen molar-refractivity contribution < 1.29 is 14.0 Å². The van der Waals surface area contributed by atoms with Crippen LogP contribution in [-0.2, 0) is 29.0 Å². The van der Waals surface area contributed by atoms with E-state index in [-0.39, 0.29) is 17.7 Å². The molecule has 1 N–H and O–H groups in total.